The van der Waals surface area contributed by atoms with E-state index in [2.05, 4.69) is 108 Å². The minimum atomic E-state index is -0.919. The molecule has 3 aliphatic rings. The molecule has 704 valence electrons. The van der Waals surface area contributed by atoms with E-state index in [-0.39, 0.29) is 57.4 Å². The molecule has 0 aromatic heterocycles. The van der Waals surface area contributed by atoms with Gasteiger partial charge in [0, 0.05) is 124 Å². The van der Waals surface area contributed by atoms with Crippen molar-refractivity contribution >= 4 is 23.4 Å². The highest BCUT2D eigenvalue weighted by Crippen LogP contribution is 2.45. The summed E-state index contributed by atoms with van der Waals surface area (Å²) in [5.41, 5.74) is 0. The van der Waals surface area contributed by atoms with Gasteiger partial charge in [-0.25, -0.2) is 0 Å². The first-order valence-corrected chi connectivity index (χ1v) is 49.9. The van der Waals surface area contributed by atoms with E-state index in [1.165, 1.54) is 238 Å². The zero-order valence-corrected chi connectivity index (χ0v) is 78.6. The van der Waals surface area contributed by atoms with Gasteiger partial charge in [0.1, 0.15) is 17.7 Å². The van der Waals surface area contributed by atoms with Crippen LogP contribution >= 0.6 is 0 Å². The van der Waals surface area contributed by atoms with Crippen LogP contribution in [-0.2, 0) is 23.9 Å². The van der Waals surface area contributed by atoms with Gasteiger partial charge >= 0.3 is 0 Å². The second-order valence-corrected chi connectivity index (χ2v) is 36.1. The summed E-state index contributed by atoms with van der Waals surface area (Å²) in [6.07, 6.45) is 76.1. The summed E-state index contributed by atoms with van der Waals surface area (Å²) in [7, 11) is 3.81. The molecule has 12 atom stereocenters. The van der Waals surface area contributed by atoms with E-state index < -0.39 is 18.3 Å². The van der Waals surface area contributed by atoms with Crippen LogP contribution < -0.4 is 26.6 Å². The molecule has 1 fully saturated rings. The number of unbranched alkanes of at least 4 members (excludes halogenated alkanes) is 30. The van der Waals surface area contributed by atoms with Crippen molar-refractivity contribution < 1.29 is 59.7 Å². The molecule has 1 heterocycles. The summed E-state index contributed by atoms with van der Waals surface area (Å²) in [6, 6.07) is 0. The SMILES string of the molecule is CCCCCC=CC1C(CCCCCCCCC(=O)NCCN(CCN(CCN(C)CC(O)CO)CC(O)CO)CC(O)CO)C=CC(CCCCC)C1CCCCCCCCC(C)=O.CCCCCC=CC1C(CCCCCCCCC(=O)NCCNCCNCCNC)C=CC(CCCCC)C1CCCCCCCCC(C)=O.OCC1CO1. The lowest BCUT2D eigenvalue weighted by Gasteiger charge is -2.39. The standard InChI is InChI=1S/C53H102N4O8.C44H84N4O2.C3H6O2/c1-5-7-9-14-22-28-52-47(32-31-46(26-19-8-6-2)51(52)29-23-17-12-10-15-20-25-45(3)61)27-21-16-11-13-18-24-30-53(65)54-33-34-56(40-49(63)43-59)37-38-57(41-50(64)44-60)36-35-55(4)39-48(62)42-58;1-5-7-9-14-22-28-43-41(27-21-16-11-13-18-24-30-44(50)48-38-37-47-36-35-46-34-33-45-4)32-31-40(26-19-8-6-2)42(43)29-23-17-12-10-15-20-25-39(3)49;4-1-3-2-5-3/h22,28,31-32,46-52,58-60,62-64H,5-21,23-27,29-30,33-44H2,1-4H3,(H,54,65);22,28,31-32,40-43,45-47H,5-21,23-27,29-30,33-38H2,1-4H3,(H,48,50);3-4H,1-2H2. The number of Topliss-reactive ketones (excluding diaryl/α,β-unsaturated/α-hetero) is 2. The molecule has 1 aliphatic heterocycles. The Kier molecular flexibility index (Phi) is 79.0. The molecule has 1 saturated heterocycles. The van der Waals surface area contributed by atoms with Gasteiger partial charge in [-0.1, -0.05) is 269 Å². The van der Waals surface area contributed by atoms with Gasteiger partial charge in [-0.05, 0) is 165 Å². The number of nitrogens with one attached hydrogen (secondary N) is 5. The Hall–Kier alpha value is -3.32. The topological polar surface area (TPSA) is 292 Å². The third-order valence-corrected chi connectivity index (χ3v) is 24.9. The number of hydrogen-bond donors (Lipinski definition) is 12. The van der Waals surface area contributed by atoms with Crippen LogP contribution in [0.4, 0.5) is 0 Å². The fourth-order valence-corrected chi connectivity index (χ4v) is 17.4. The number of carbonyl (C=O) groups is 4. The average molecular weight is 1700 g/mol. The lowest BCUT2D eigenvalue weighted by Crippen LogP contribution is -2.46. The molecule has 2 aliphatic carbocycles. The quantitative estimate of drug-likeness (QED) is 0.0153. The molecule has 12 N–H and O–H groups in total. The summed E-state index contributed by atoms with van der Waals surface area (Å²) < 4.78 is 4.61. The first kappa shape index (κ1) is 115. The summed E-state index contributed by atoms with van der Waals surface area (Å²) in [4.78, 5) is 53.5. The Balaban J connectivity index is 0.00000116. The molecule has 2 amide bonds. The number of aliphatic hydroxyl groups is 7. The van der Waals surface area contributed by atoms with Gasteiger partial charge in [0.15, 0.2) is 0 Å². The van der Waals surface area contributed by atoms with E-state index in [1.807, 2.05) is 28.8 Å². The maximum atomic E-state index is 12.8. The van der Waals surface area contributed by atoms with Gasteiger partial charge in [0.2, 0.25) is 11.8 Å². The lowest BCUT2D eigenvalue weighted by molar-refractivity contribution is -0.122. The molecular weight excluding hydrogens is 1510 g/mol. The number of epoxide rings is 1. The second-order valence-electron chi connectivity index (χ2n) is 36.1. The number of aliphatic hydroxyl groups excluding tert-OH is 7. The van der Waals surface area contributed by atoms with Crippen molar-refractivity contribution in [2.45, 2.75) is 374 Å². The van der Waals surface area contributed by atoms with Gasteiger partial charge in [0.25, 0.3) is 0 Å². The van der Waals surface area contributed by atoms with E-state index in [0.29, 0.717) is 106 Å². The smallest absolute Gasteiger partial charge is 0.220 e. The Morgan fingerprint density at radius 3 is 1.10 bits per heavy atom. The van der Waals surface area contributed by atoms with E-state index in [1.54, 1.807) is 13.8 Å². The van der Waals surface area contributed by atoms with Crippen molar-refractivity contribution in [2.24, 2.45) is 47.3 Å². The van der Waals surface area contributed by atoms with Gasteiger partial charge in [-0.2, -0.15) is 0 Å². The number of carbonyl (C=O) groups excluding carboxylic acids is 4. The second kappa shape index (κ2) is 82.6. The molecule has 0 bridgehead atoms. The molecular formula is C100H192N8O12. The predicted molar refractivity (Wildman–Crippen MR) is 502 cm³/mol. The highest BCUT2D eigenvalue weighted by atomic mass is 16.6. The van der Waals surface area contributed by atoms with Crippen LogP contribution in [0.25, 0.3) is 0 Å². The average Bonchev–Trinajstić information content (AvgIpc) is 1.01. The summed E-state index contributed by atoms with van der Waals surface area (Å²) >= 11 is 0. The number of ether oxygens (including phenoxy) is 1. The van der Waals surface area contributed by atoms with Crippen LogP contribution in [0.3, 0.4) is 0 Å². The van der Waals surface area contributed by atoms with Gasteiger partial charge < -0.3 is 81.6 Å². The maximum Gasteiger partial charge on any atom is 0.220 e. The Labute approximate surface area is 735 Å². The molecule has 3 rings (SSSR count). The Morgan fingerprint density at radius 2 is 0.717 bits per heavy atom. The summed E-state index contributed by atoms with van der Waals surface area (Å²) in [5.74, 6) is 6.45. The number of ketones is 2. The normalized spacial score (nSPS) is 19.8. The molecule has 120 heavy (non-hydrogen) atoms. The molecule has 0 spiro atoms. The molecule has 0 saturated carbocycles. The minimum Gasteiger partial charge on any atom is -0.394 e. The third kappa shape index (κ3) is 67.0. The zero-order valence-electron chi connectivity index (χ0n) is 78.6. The van der Waals surface area contributed by atoms with Crippen molar-refractivity contribution in [2.75, 3.05) is 145 Å². The van der Waals surface area contributed by atoms with Crippen molar-refractivity contribution in [1.29, 1.82) is 0 Å². The Bertz CT molecular complexity index is 2460. The number of hydrogen-bond acceptors (Lipinski definition) is 18. The van der Waals surface area contributed by atoms with E-state index in [9.17, 15) is 44.7 Å². The van der Waals surface area contributed by atoms with Gasteiger partial charge in [-0.15, -0.1) is 0 Å². The van der Waals surface area contributed by atoms with Crippen molar-refractivity contribution in [3.05, 3.63) is 48.6 Å². The van der Waals surface area contributed by atoms with Crippen LogP contribution in [0.2, 0.25) is 0 Å². The molecule has 20 nitrogen and oxygen atoms in total. The van der Waals surface area contributed by atoms with Crippen molar-refractivity contribution in [3.8, 4) is 0 Å². The van der Waals surface area contributed by atoms with Crippen LogP contribution in [0.5, 0.6) is 0 Å². The summed E-state index contributed by atoms with van der Waals surface area (Å²) in [5, 5.41) is 82.3. The maximum absolute atomic E-state index is 12.8. The first-order valence-electron chi connectivity index (χ1n) is 49.9. The van der Waals surface area contributed by atoms with Crippen LogP contribution in [0.15, 0.2) is 48.6 Å². The Morgan fingerprint density at radius 1 is 0.392 bits per heavy atom. The molecule has 0 radical (unpaired) electrons. The molecule has 0 aromatic carbocycles. The first-order chi connectivity index (χ1) is 58.4. The predicted octanol–water partition coefficient (Wildman–Crippen LogP) is 16.7. The number of nitrogens with zero attached hydrogens (tertiary/aromatic N) is 3. The van der Waals surface area contributed by atoms with E-state index >= 15 is 0 Å². The monoisotopic (exact) mass is 1700 g/mol. The minimum absolute atomic E-state index is 0.0264. The van der Waals surface area contributed by atoms with Gasteiger partial charge in [0.05, 0.1) is 51.3 Å². The van der Waals surface area contributed by atoms with Crippen molar-refractivity contribution in [1.82, 2.24) is 41.3 Å². The molecule has 20 heteroatoms. The molecule has 12 unspecified atom stereocenters. The number of amides is 2. The van der Waals surface area contributed by atoms with Gasteiger partial charge in [-0.3, -0.25) is 19.4 Å². The molecule has 0 aromatic rings. The van der Waals surface area contributed by atoms with Crippen LogP contribution in [0.1, 0.15) is 350 Å². The number of likely N-dealkylation sites (N-methyl/N-ethyl adjacent to an activating group) is 2. The fourth-order valence-electron chi connectivity index (χ4n) is 17.4. The summed E-state index contributed by atoms with van der Waals surface area (Å²) in [6.45, 7) is 21.8. The number of rotatable bonds is 82. The lowest BCUT2D eigenvalue weighted by atomic mass is 9.66. The number of allylic oxidation sites excluding steroid dienone is 8. The van der Waals surface area contributed by atoms with Crippen LogP contribution in [-0.4, -0.2) is 244 Å². The van der Waals surface area contributed by atoms with Crippen molar-refractivity contribution in [3.63, 3.8) is 0 Å². The van der Waals surface area contributed by atoms with E-state index in [4.69, 9.17) is 10.2 Å². The van der Waals surface area contributed by atoms with E-state index in [0.717, 1.165) is 115 Å². The highest BCUT2D eigenvalue weighted by molar-refractivity contribution is 5.76. The largest absolute Gasteiger partial charge is 0.394 e. The third-order valence-electron chi connectivity index (χ3n) is 24.9. The fraction of sp³-hybridized carbons (Fsp3) is 0.880. The highest BCUT2D eigenvalue weighted by Gasteiger charge is 2.36. The van der Waals surface area contributed by atoms with Crippen LogP contribution in [0, 0.1) is 47.3 Å². The zero-order chi connectivity index (χ0) is 88.0.